The molecule has 2 nitrogen and oxygen atoms in total. The highest BCUT2D eigenvalue weighted by Gasteiger charge is 1.98. The second kappa shape index (κ2) is 3.21. The zero-order valence-electron chi connectivity index (χ0n) is 6.20. The minimum absolute atomic E-state index is 0.143. The molecule has 0 unspecified atom stereocenters. The topological polar surface area (TPSA) is 46.2 Å². The van der Waals surface area contributed by atoms with Crippen molar-refractivity contribution in [2.75, 3.05) is 0 Å². The average Bonchev–Trinajstić information content (AvgIpc) is 2.05. The molecule has 0 saturated heterocycles. The Hall–Kier alpha value is -1.28. The van der Waals surface area contributed by atoms with Crippen molar-refractivity contribution in [2.45, 2.75) is 6.04 Å². The Kier molecular flexibility index (Phi) is 2.28. The molecule has 0 aliphatic rings. The number of hydrogen-bond donors (Lipinski definition) is 2. The highest BCUT2D eigenvalue weighted by Crippen LogP contribution is 2.14. The van der Waals surface area contributed by atoms with Crippen LogP contribution < -0.4 is 5.73 Å². The first-order valence-electron chi connectivity index (χ1n) is 3.41. The van der Waals surface area contributed by atoms with Gasteiger partial charge in [-0.3, -0.25) is 0 Å². The molecule has 0 spiro atoms. The lowest BCUT2D eigenvalue weighted by atomic mass is 10.1. The Labute approximate surface area is 66.0 Å². The van der Waals surface area contributed by atoms with Crippen molar-refractivity contribution in [1.29, 1.82) is 0 Å². The summed E-state index contributed by atoms with van der Waals surface area (Å²) in [5.74, 6) is 0.255. The Morgan fingerprint density at radius 3 is 2.36 bits per heavy atom. The average molecular weight is 149 g/mol. The van der Waals surface area contributed by atoms with E-state index in [0.29, 0.717) is 0 Å². The summed E-state index contributed by atoms with van der Waals surface area (Å²) in [7, 11) is 0. The molecule has 58 valence electrons. The second-order valence-corrected chi connectivity index (χ2v) is 2.35. The van der Waals surface area contributed by atoms with Crippen LogP contribution in [0.5, 0.6) is 5.75 Å². The summed E-state index contributed by atoms with van der Waals surface area (Å²) in [6.07, 6.45) is 1.66. The van der Waals surface area contributed by atoms with Gasteiger partial charge in [0.2, 0.25) is 0 Å². The van der Waals surface area contributed by atoms with Crippen LogP contribution in [0.2, 0.25) is 0 Å². The standard InChI is InChI=1S/C9H11NO/c1-2-9(10)7-3-5-8(11)6-4-7/h2-6,9,11H,1,10H2/t9-/m0/s1. The van der Waals surface area contributed by atoms with Gasteiger partial charge in [0.25, 0.3) is 0 Å². The van der Waals surface area contributed by atoms with Crippen molar-refractivity contribution in [1.82, 2.24) is 0 Å². The van der Waals surface area contributed by atoms with Crippen LogP contribution in [0.25, 0.3) is 0 Å². The van der Waals surface area contributed by atoms with Crippen molar-refractivity contribution >= 4 is 0 Å². The minimum atomic E-state index is -0.143. The molecule has 1 rings (SSSR count). The summed E-state index contributed by atoms with van der Waals surface area (Å²) in [5, 5.41) is 8.94. The maximum absolute atomic E-state index is 8.94. The van der Waals surface area contributed by atoms with E-state index in [2.05, 4.69) is 6.58 Å². The predicted molar refractivity (Wildman–Crippen MR) is 45.2 cm³/mol. The molecule has 0 aromatic heterocycles. The molecule has 11 heavy (non-hydrogen) atoms. The number of phenols is 1. The number of phenolic OH excluding ortho intramolecular Hbond substituents is 1. The van der Waals surface area contributed by atoms with Crippen molar-refractivity contribution in [2.24, 2.45) is 5.73 Å². The molecule has 0 fully saturated rings. The number of benzene rings is 1. The first-order valence-corrected chi connectivity index (χ1v) is 3.41. The normalized spacial score (nSPS) is 12.5. The summed E-state index contributed by atoms with van der Waals surface area (Å²) < 4.78 is 0. The van der Waals surface area contributed by atoms with E-state index >= 15 is 0 Å². The molecule has 0 radical (unpaired) electrons. The van der Waals surface area contributed by atoms with Gasteiger partial charge in [0.1, 0.15) is 5.75 Å². The Morgan fingerprint density at radius 2 is 1.91 bits per heavy atom. The fraction of sp³-hybridized carbons (Fsp3) is 0.111. The lowest BCUT2D eigenvalue weighted by Crippen LogP contribution is -2.05. The van der Waals surface area contributed by atoms with Crippen LogP contribution in [0.4, 0.5) is 0 Å². The number of rotatable bonds is 2. The van der Waals surface area contributed by atoms with Crippen LogP contribution in [-0.4, -0.2) is 5.11 Å². The van der Waals surface area contributed by atoms with Gasteiger partial charge in [-0.1, -0.05) is 18.2 Å². The summed E-state index contributed by atoms with van der Waals surface area (Å²) in [4.78, 5) is 0. The van der Waals surface area contributed by atoms with E-state index in [1.807, 2.05) is 0 Å². The zero-order chi connectivity index (χ0) is 8.27. The molecule has 0 heterocycles. The van der Waals surface area contributed by atoms with E-state index in [1.54, 1.807) is 30.3 Å². The van der Waals surface area contributed by atoms with E-state index in [4.69, 9.17) is 10.8 Å². The van der Waals surface area contributed by atoms with Crippen molar-refractivity contribution in [3.63, 3.8) is 0 Å². The number of nitrogens with two attached hydrogens (primary N) is 1. The zero-order valence-corrected chi connectivity index (χ0v) is 6.20. The van der Waals surface area contributed by atoms with Gasteiger partial charge in [0.15, 0.2) is 0 Å². The SMILES string of the molecule is C=C[C@H](N)c1ccc(O)cc1. The van der Waals surface area contributed by atoms with E-state index in [1.165, 1.54) is 0 Å². The molecule has 2 heteroatoms. The monoisotopic (exact) mass is 149 g/mol. The quantitative estimate of drug-likeness (QED) is 0.627. The molecule has 0 amide bonds. The van der Waals surface area contributed by atoms with Gasteiger partial charge in [0, 0.05) is 6.04 Å². The third-order valence-corrected chi connectivity index (χ3v) is 1.53. The molecule has 0 saturated carbocycles. The highest BCUT2D eigenvalue weighted by molar-refractivity contribution is 5.29. The molecule has 0 aliphatic carbocycles. The molecular weight excluding hydrogens is 138 g/mol. The van der Waals surface area contributed by atoms with E-state index in [9.17, 15) is 0 Å². The summed E-state index contributed by atoms with van der Waals surface area (Å²) in [6.45, 7) is 3.57. The summed E-state index contributed by atoms with van der Waals surface area (Å²) in [5.41, 5.74) is 6.60. The third-order valence-electron chi connectivity index (χ3n) is 1.53. The third kappa shape index (κ3) is 1.82. The summed E-state index contributed by atoms with van der Waals surface area (Å²) in [6, 6.07) is 6.64. The van der Waals surface area contributed by atoms with Gasteiger partial charge >= 0.3 is 0 Å². The Balaban J connectivity index is 2.89. The second-order valence-electron chi connectivity index (χ2n) is 2.35. The van der Waals surface area contributed by atoms with E-state index in [-0.39, 0.29) is 11.8 Å². The minimum Gasteiger partial charge on any atom is -0.508 e. The van der Waals surface area contributed by atoms with E-state index in [0.717, 1.165) is 5.56 Å². The first-order chi connectivity index (χ1) is 5.24. The highest BCUT2D eigenvalue weighted by atomic mass is 16.3. The largest absolute Gasteiger partial charge is 0.508 e. The maximum Gasteiger partial charge on any atom is 0.115 e. The molecule has 1 aromatic rings. The van der Waals surface area contributed by atoms with Gasteiger partial charge in [-0.05, 0) is 17.7 Å². The lowest BCUT2D eigenvalue weighted by Gasteiger charge is -2.04. The molecule has 0 aliphatic heterocycles. The van der Waals surface area contributed by atoms with Crippen LogP contribution >= 0.6 is 0 Å². The van der Waals surface area contributed by atoms with Crippen LogP contribution in [0.3, 0.4) is 0 Å². The van der Waals surface area contributed by atoms with Crippen LogP contribution in [-0.2, 0) is 0 Å². The van der Waals surface area contributed by atoms with Crippen molar-refractivity contribution in [3.05, 3.63) is 42.5 Å². The van der Waals surface area contributed by atoms with Gasteiger partial charge in [0.05, 0.1) is 0 Å². The Morgan fingerprint density at radius 1 is 1.36 bits per heavy atom. The van der Waals surface area contributed by atoms with Crippen molar-refractivity contribution in [3.8, 4) is 5.75 Å². The number of aromatic hydroxyl groups is 1. The molecule has 3 N–H and O–H groups in total. The maximum atomic E-state index is 8.94. The van der Waals surface area contributed by atoms with Gasteiger partial charge in [-0.25, -0.2) is 0 Å². The lowest BCUT2D eigenvalue weighted by molar-refractivity contribution is 0.475. The van der Waals surface area contributed by atoms with Crippen molar-refractivity contribution < 1.29 is 5.11 Å². The van der Waals surface area contributed by atoms with Crippen LogP contribution in [0.1, 0.15) is 11.6 Å². The van der Waals surface area contributed by atoms with Gasteiger partial charge < -0.3 is 10.8 Å². The predicted octanol–water partition coefficient (Wildman–Crippen LogP) is 1.58. The molecule has 0 bridgehead atoms. The fourth-order valence-electron chi connectivity index (χ4n) is 0.833. The smallest absolute Gasteiger partial charge is 0.115 e. The van der Waals surface area contributed by atoms with Crippen LogP contribution in [0, 0.1) is 0 Å². The number of hydrogen-bond acceptors (Lipinski definition) is 2. The Bertz CT molecular complexity index is 240. The van der Waals surface area contributed by atoms with Crippen LogP contribution in [0.15, 0.2) is 36.9 Å². The molecule has 1 aromatic carbocycles. The fourth-order valence-corrected chi connectivity index (χ4v) is 0.833. The summed E-state index contributed by atoms with van der Waals surface area (Å²) >= 11 is 0. The van der Waals surface area contributed by atoms with Gasteiger partial charge in [-0.2, -0.15) is 0 Å². The van der Waals surface area contributed by atoms with Gasteiger partial charge in [-0.15, -0.1) is 6.58 Å². The molecular formula is C9H11NO. The first kappa shape index (κ1) is 7.82. The van der Waals surface area contributed by atoms with E-state index < -0.39 is 0 Å². The molecule has 1 atom stereocenters.